The third kappa shape index (κ3) is 1.98. The second-order valence-electron chi connectivity index (χ2n) is 7.72. The van der Waals surface area contributed by atoms with Crippen molar-refractivity contribution in [1.29, 1.82) is 0 Å². The highest BCUT2D eigenvalue weighted by atomic mass is 14.9. The summed E-state index contributed by atoms with van der Waals surface area (Å²) in [6.45, 7) is 0. The van der Waals surface area contributed by atoms with Gasteiger partial charge in [-0.05, 0) is 47.2 Å². The Morgan fingerprint density at radius 1 is 0.483 bits per heavy atom. The van der Waals surface area contributed by atoms with E-state index in [0.717, 1.165) is 11.0 Å². The van der Waals surface area contributed by atoms with Gasteiger partial charge in [0.05, 0.1) is 27.6 Å². The van der Waals surface area contributed by atoms with Crippen LogP contribution >= 0.6 is 0 Å². The molecule has 0 spiro atoms. The second-order valence-corrected chi connectivity index (χ2v) is 7.72. The second kappa shape index (κ2) is 5.33. The molecule has 0 amide bonds. The Hall–Kier alpha value is -3.91. The molecule has 0 fully saturated rings. The van der Waals surface area contributed by atoms with Crippen molar-refractivity contribution in [2.45, 2.75) is 0 Å². The van der Waals surface area contributed by atoms with E-state index in [1.54, 1.807) is 0 Å². The number of aromatic nitrogens is 2. The minimum atomic E-state index is 1.04. The average molecular weight is 368 g/mol. The van der Waals surface area contributed by atoms with Crippen molar-refractivity contribution in [3.63, 3.8) is 0 Å². The Morgan fingerprint density at radius 3 is 1.83 bits per heavy atom. The fourth-order valence-electron chi connectivity index (χ4n) is 4.73. The monoisotopic (exact) mass is 368 g/mol. The highest BCUT2D eigenvalue weighted by Crippen LogP contribution is 2.36. The molecule has 4 aromatic carbocycles. The van der Waals surface area contributed by atoms with Crippen LogP contribution in [0.1, 0.15) is 0 Å². The van der Waals surface area contributed by atoms with Crippen LogP contribution in [0.25, 0.3) is 59.9 Å². The van der Waals surface area contributed by atoms with E-state index in [4.69, 9.17) is 4.98 Å². The van der Waals surface area contributed by atoms with Crippen LogP contribution in [-0.2, 0) is 0 Å². The summed E-state index contributed by atoms with van der Waals surface area (Å²) in [4.78, 5) is 5.12. The number of rotatable bonds is 0. The molecule has 2 heteroatoms. The minimum Gasteiger partial charge on any atom is -0.308 e. The van der Waals surface area contributed by atoms with Crippen LogP contribution in [0.5, 0.6) is 0 Å². The van der Waals surface area contributed by atoms with Crippen LogP contribution in [0.2, 0.25) is 0 Å². The lowest BCUT2D eigenvalue weighted by Crippen LogP contribution is -1.93. The number of para-hydroxylation sites is 2. The molecule has 0 bridgehead atoms. The average Bonchev–Trinajstić information content (AvgIpc) is 3.17. The van der Waals surface area contributed by atoms with Gasteiger partial charge in [0, 0.05) is 21.5 Å². The van der Waals surface area contributed by atoms with Crippen molar-refractivity contribution in [1.82, 2.24) is 9.38 Å². The van der Waals surface area contributed by atoms with Gasteiger partial charge in [-0.15, -0.1) is 0 Å². The van der Waals surface area contributed by atoms with Gasteiger partial charge in [0.15, 0.2) is 0 Å². The number of fused-ring (bicyclic) bond motifs is 10. The predicted octanol–water partition coefficient (Wildman–Crippen LogP) is 7.10. The number of benzene rings is 4. The van der Waals surface area contributed by atoms with Gasteiger partial charge in [-0.3, -0.25) is 0 Å². The molecular weight excluding hydrogens is 352 g/mol. The van der Waals surface area contributed by atoms with Gasteiger partial charge >= 0.3 is 0 Å². The van der Waals surface area contributed by atoms with Crippen LogP contribution in [-0.4, -0.2) is 9.38 Å². The molecule has 7 aromatic rings. The van der Waals surface area contributed by atoms with E-state index in [0.29, 0.717) is 0 Å². The molecule has 0 atom stereocenters. The fourth-order valence-corrected chi connectivity index (χ4v) is 4.73. The summed E-state index contributed by atoms with van der Waals surface area (Å²) >= 11 is 0. The Labute approximate surface area is 166 Å². The lowest BCUT2D eigenvalue weighted by Gasteiger charge is -2.12. The van der Waals surface area contributed by atoms with Gasteiger partial charge in [0.25, 0.3) is 0 Å². The van der Waals surface area contributed by atoms with Crippen LogP contribution in [0.15, 0.2) is 97.1 Å². The third-order valence-corrected chi connectivity index (χ3v) is 6.07. The van der Waals surface area contributed by atoms with Crippen molar-refractivity contribution < 1.29 is 0 Å². The molecule has 3 aromatic heterocycles. The van der Waals surface area contributed by atoms with E-state index in [9.17, 15) is 0 Å². The molecule has 134 valence electrons. The summed E-state index contributed by atoms with van der Waals surface area (Å²) in [5, 5.41) is 7.31. The van der Waals surface area contributed by atoms with Gasteiger partial charge in [-0.1, -0.05) is 60.7 Å². The zero-order chi connectivity index (χ0) is 18.9. The highest BCUT2D eigenvalue weighted by molar-refractivity contribution is 6.18. The smallest absolute Gasteiger partial charge is 0.0824 e. The zero-order valence-electron chi connectivity index (χ0n) is 15.6. The van der Waals surface area contributed by atoms with Crippen molar-refractivity contribution in [3.8, 4) is 0 Å². The van der Waals surface area contributed by atoms with Crippen LogP contribution in [0.3, 0.4) is 0 Å². The van der Waals surface area contributed by atoms with Crippen molar-refractivity contribution in [3.05, 3.63) is 97.1 Å². The number of hydrogen-bond donors (Lipinski definition) is 0. The summed E-state index contributed by atoms with van der Waals surface area (Å²) in [6, 6.07) is 34.8. The first kappa shape index (κ1) is 15.1. The van der Waals surface area contributed by atoms with Crippen molar-refractivity contribution >= 4 is 59.9 Å². The molecule has 0 aliphatic carbocycles. The molecule has 3 heterocycles. The maximum Gasteiger partial charge on any atom is 0.0824 e. The summed E-state index contributed by atoms with van der Waals surface area (Å²) in [5.74, 6) is 0. The SMILES string of the molecule is c1ccc2cc3c(cc2c1)c1nc2ccccc2cc1c1cc2ccccc2n31. The first-order chi connectivity index (χ1) is 14.4. The molecule has 0 saturated heterocycles. The zero-order valence-corrected chi connectivity index (χ0v) is 15.6. The van der Waals surface area contributed by atoms with Gasteiger partial charge in [-0.25, -0.2) is 4.98 Å². The third-order valence-electron chi connectivity index (χ3n) is 6.07. The first-order valence-electron chi connectivity index (χ1n) is 9.91. The Kier molecular flexibility index (Phi) is 2.77. The quantitative estimate of drug-likeness (QED) is 0.206. The van der Waals surface area contributed by atoms with Gasteiger partial charge in [0.2, 0.25) is 0 Å². The molecule has 0 N–H and O–H groups in total. The normalized spacial score (nSPS) is 12.1. The van der Waals surface area contributed by atoms with E-state index in [2.05, 4.69) is 101 Å². The molecule has 0 saturated carbocycles. The largest absolute Gasteiger partial charge is 0.308 e. The van der Waals surface area contributed by atoms with E-state index in [-0.39, 0.29) is 0 Å². The standard InChI is InChI=1S/C27H16N2/c1-2-8-18-15-25-21(13-17(18)7-1)27-22(14-19-9-3-5-11-23(19)28-27)26-16-20-10-4-6-12-24(20)29(25)26/h1-16H. The van der Waals surface area contributed by atoms with Crippen molar-refractivity contribution in [2.75, 3.05) is 0 Å². The Morgan fingerprint density at radius 2 is 1.03 bits per heavy atom. The molecular formula is C27H16N2. The molecule has 2 nitrogen and oxygen atoms in total. The highest BCUT2D eigenvalue weighted by Gasteiger charge is 2.14. The van der Waals surface area contributed by atoms with Gasteiger partial charge < -0.3 is 4.40 Å². The van der Waals surface area contributed by atoms with Crippen molar-refractivity contribution in [2.24, 2.45) is 0 Å². The van der Waals surface area contributed by atoms with Crippen LogP contribution in [0, 0.1) is 0 Å². The molecule has 0 unspecified atom stereocenters. The Balaban J connectivity index is 1.86. The number of nitrogens with zero attached hydrogens (tertiary/aromatic N) is 2. The minimum absolute atomic E-state index is 1.04. The maximum absolute atomic E-state index is 5.12. The fraction of sp³-hybridized carbons (Fsp3) is 0. The van der Waals surface area contributed by atoms with E-state index < -0.39 is 0 Å². The van der Waals surface area contributed by atoms with Crippen LogP contribution in [0.4, 0.5) is 0 Å². The lowest BCUT2D eigenvalue weighted by atomic mass is 10.0. The van der Waals surface area contributed by atoms with Crippen LogP contribution < -0.4 is 0 Å². The molecule has 0 aliphatic rings. The van der Waals surface area contributed by atoms with E-state index in [1.165, 1.54) is 48.9 Å². The predicted molar refractivity (Wildman–Crippen MR) is 123 cm³/mol. The first-order valence-corrected chi connectivity index (χ1v) is 9.91. The molecule has 0 radical (unpaired) electrons. The summed E-state index contributed by atoms with van der Waals surface area (Å²) in [7, 11) is 0. The molecule has 0 aliphatic heterocycles. The molecule has 7 rings (SSSR count). The number of pyridine rings is 2. The maximum atomic E-state index is 5.12. The Bertz CT molecular complexity index is 1760. The summed E-state index contributed by atoms with van der Waals surface area (Å²) in [5.41, 5.74) is 5.75. The number of hydrogen-bond acceptors (Lipinski definition) is 1. The lowest BCUT2D eigenvalue weighted by molar-refractivity contribution is 1.34. The van der Waals surface area contributed by atoms with Gasteiger partial charge in [0.1, 0.15) is 0 Å². The summed E-state index contributed by atoms with van der Waals surface area (Å²) in [6.07, 6.45) is 0. The van der Waals surface area contributed by atoms with E-state index >= 15 is 0 Å². The molecule has 29 heavy (non-hydrogen) atoms. The van der Waals surface area contributed by atoms with E-state index in [1.807, 2.05) is 0 Å². The summed E-state index contributed by atoms with van der Waals surface area (Å²) < 4.78 is 2.40. The van der Waals surface area contributed by atoms with Gasteiger partial charge in [-0.2, -0.15) is 0 Å². The topological polar surface area (TPSA) is 17.3 Å².